The van der Waals surface area contributed by atoms with Crippen molar-refractivity contribution < 1.29 is 9.50 Å². The first-order chi connectivity index (χ1) is 10.9. The maximum absolute atomic E-state index is 13.1. The molecule has 0 bridgehead atoms. The molecule has 1 aromatic heterocycles. The lowest BCUT2D eigenvalue weighted by Crippen LogP contribution is -2.21. The minimum atomic E-state index is -0.775. The van der Waals surface area contributed by atoms with E-state index >= 15 is 0 Å². The molecule has 2 aromatic carbocycles. The van der Waals surface area contributed by atoms with Crippen LogP contribution in [0.1, 0.15) is 13.8 Å². The Kier molecular flexibility index (Phi) is 4.33. The molecule has 0 aliphatic heterocycles. The quantitative estimate of drug-likeness (QED) is 0.725. The first kappa shape index (κ1) is 15.9. The number of fused-ring (bicyclic) bond motifs is 1. The van der Waals surface area contributed by atoms with E-state index in [0.717, 1.165) is 27.1 Å². The van der Waals surface area contributed by atoms with Gasteiger partial charge in [0.1, 0.15) is 16.5 Å². The van der Waals surface area contributed by atoms with E-state index in [1.807, 2.05) is 24.3 Å². The normalized spacial score (nSPS) is 11.8. The van der Waals surface area contributed by atoms with Gasteiger partial charge in [0, 0.05) is 22.1 Å². The van der Waals surface area contributed by atoms with E-state index in [1.54, 1.807) is 26.0 Å². The van der Waals surface area contributed by atoms with E-state index in [2.05, 4.69) is 10.2 Å². The van der Waals surface area contributed by atoms with Crippen LogP contribution in [-0.4, -0.2) is 26.7 Å². The summed E-state index contributed by atoms with van der Waals surface area (Å²) >= 11 is 1.48. The second-order valence-corrected chi connectivity index (χ2v) is 6.97. The highest BCUT2D eigenvalue weighted by Crippen LogP contribution is 2.32. The minimum absolute atomic E-state index is 0.275. The Bertz CT molecular complexity index is 829. The van der Waals surface area contributed by atoms with Crippen LogP contribution in [0.5, 0.6) is 0 Å². The fourth-order valence-electron chi connectivity index (χ4n) is 2.25. The number of aliphatic hydroxyl groups is 1. The average molecular weight is 328 g/mol. The molecule has 3 nitrogen and oxygen atoms in total. The first-order valence-electron chi connectivity index (χ1n) is 7.30. The lowest BCUT2D eigenvalue weighted by Gasteiger charge is -2.16. The zero-order valence-corrected chi connectivity index (χ0v) is 13.8. The third kappa shape index (κ3) is 3.68. The number of hydrogen-bond acceptors (Lipinski definition) is 4. The smallest absolute Gasteiger partial charge is 0.127 e. The Balaban J connectivity index is 2.07. The zero-order valence-electron chi connectivity index (χ0n) is 13.0. The fraction of sp³-hybridized carbons (Fsp3) is 0.222. The van der Waals surface area contributed by atoms with Gasteiger partial charge < -0.3 is 5.11 Å². The van der Waals surface area contributed by atoms with Crippen LogP contribution in [0, 0.1) is 5.82 Å². The van der Waals surface area contributed by atoms with Crippen LogP contribution in [0.2, 0.25) is 0 Å². The van der Waals surface area contributed by atoms with Crippen molar-refractivity contribution in [2.45, 2.75) is 24.5 Å². The number of thioether (sulfide) groups is 1. The van der Waals surface area contributed by atoms with Gasteiger partial charge in [0.15, 0.2) is 0 Å². The third-order valence-corrected chi connectivity index (χ3v) is 4.76. The van der Waals surface area contributed by atoms with Gasteiger partial charge in [0.25, 0.3) is 0 Å². The van der Waals surface area contributed by atoms with E-state index in [9.17, 15) is 9.50 Å². The number of rotatable bonds is 4. The van der Waals surface area contributed by atoms with Crippen LogP contribution >= 0.6 is 11.8 Å². The van der Waals surface area contributed by atoms with Crippen LogP contribution < -0.4 is 0 Å². The van der Waals surface area contributed by atoms with Gasteiger partial charge in [0.2, 0.25) is 0 Å². The minimum Gasteiger partial charge on any atom is -0.390 e. The molecule has 5 heteroatoms. The van der Waals surface area contributed by atoms with E-state index in [1.165, 1.54) is 23.9 Å². The monoisotopic (exact) mass is 328 g/mol. The summed E-state index contributed by atoms with van der Waals surface area (Å²) in [5.41, 5.74) is 0.783. The number of nitrogens with zero attached hydrogens (tertiary/aromatic N) is 2. The number of hydrogen-bond donors (Lipinski definition) is 1. The average Bonchev–Trinajstić information content (AvgIpc) is 2.53. The SMILES string of the molecule is CC(C)(O)CSc1nnc(-c2ccc(F)cc2)c2ccccc12. The summed E-state index contributed by atoms with van der Waals surface area (Å²) in [6.45, 7) is 3.53. The molecule has 0 saturated heterocycles. The molecule has 0 aliphatic rings. The Morgan fingerprint density at radius 3 is 2.30 bits per heavy atom. The van der Waals surface area contributed by atoms with Crippen LogP contribution in [0.15, 0.2) is 53.6 Å². The second-order valence-electron chi connectivity index (χ2n) is 6.01. The molecule has 0 radical (unpaired) electrons. The number of aromatic nitrogens is 2. The lowest BCUT2D eigenvalue weighted by molar-refractivity contribution is 0.107. The van der Waals surface area contributed by atoms with Crippen molar-refractivity contribution in [2.24, 2.45) is 0 Å². The fourth-order valence-corrected chi connectivity index (χ4v) is 3.17. The summed E-state index contributed by atoms with van der Waals surface area (Å²) in [7, 11) is 0. The molecular weight excluding hydrogens is 311 g/mol. The van der Waals surface area contributed by atoms with Gasteiger partial charge in [-0.05, 0) is 38.1 Å². The largest absolute Gasteiger partial charge is 0.390 e. The van der Waals surface area contributed by atoms with Gasteiger partial charge in [-0.3, -0.25) is 0 Å². The van der Waals surface area contributed by atoms with Gasteiger partial charge in [0.05, 0.1) is 5.60 Å². The highest BCUT2D eigenvalue weighted by molar-refractivity contribution is 7.99. The highest BCUT2D eigenvalue weighted by Gasteiger charge is 2.16. The standard InChI is InChI=1S/C18H17FN2OS/c1-18(2,22)11-23-17-15-6-4-3-5-14(15)16(20-21-17)12-7-9-13(19)10-8-12/h3-10,22H,11H2,1-2H3. The first-order valence-corrected chi connectivity index (χ1v) is 8.29. The van der Waals surface area contributed by atoms with Gasteiger partial charge >= 0.3 is 0 Å². The molecule has 0 amide bonds. The summed E-state index contributed by atoms with van der Waals surface area (Å²) < 4.78 is 13.1. The van der Waals surface area contributed by atoms with E-state index in [-0.39, 0.29) is 5.82 Å². The molecule has 0 unspecified atom stereocenters. The van der Waals surface area contributed by atoms with Gasteiger partial charge in [-0.25, -0.2) is 4.39 Å². The summed E-state index contributed by atoms with van der Waals surface area (Å²) in [6.07, 6.45) is 0. The van der Waals surface area contributed by atoms with Crippen molar-refractivity contribution in [3.05, 3.63) is 54.3 Å². The van der Waals surface area contributed by atoms with Gasteiger partial charge in [-0.1, -0.05) is 24.3 Å². The van der Waals surface area contributed by atoms with Gasteiger partial charge in [-0.15, -0.1) is 22.0 Å². The van der Waals surface area contributed by atoms with E-state index in [0.29, 0.717) is 5.75 Å². The molecule has 118 valence electrons. The summed E-state index contributed by atoms with van der Waals surface area (Å²) in [5, 5.41) is 21.3. The van der Waals surface area contributed by atoms with Gasteiger partial charge in [-0.2, -0.15) is 0 Å². The summed E-state index contributed by atoms with van der Waals surface area (Å²) in [6, 6.07) is 14.1. The Labute approximate surface area is 138 Å². The molecule has 0 fully saturated rings. The Morgan fingerprint density at radius 1 is 1.00 bits per heavy atom. The van der Waals surface area contributed by atoms with E-state index < -0.39 is 5.60 Å². The topological polar surface area (TPSA) is 46.0 Å². The van der Waals surface area contributed by atoms with Crippen LogP contribution in [0.3, 0.4) is 0 Å². The van der Waals surface area contributed by atoms with E-state index in [4.69, 9.17) is 0 Å². The number of halogens is 1. The molecule has 0 atom stereocenters. The molecule has 3 aromatic rings. The van der Waals surface area contributed by atoms with Crippen molar-refractivity contribution in [1.82, 2.24) is 10.2 Å². The Morgan fingerprint density at radius 2 is 1.65 bits per heavy atom. The second kappa shape index (κ2) is 6.26. The molecule has 0 aliphatic carbocycles. The van der Waals surface area contributed by atoms with Crippen molar-refractivity contribution in [2.75, 3.05) is 5.75 Å². The third-order valence-electron chi connectivity index (χ3n) is 3.33. The van der Waals surface area contributed by atoms with Crippen LogP contribution in [0.4, 0.5) is 4.39 Å². The molecule has 0 saturated carbocycles. The highest BCUT2D eigenvalue weighted by atomic mass is 32.2. The molecule has 1 N–H and O–H groups in total. The van der Waals surface area contributed by atoms with Crippen molar-refractivity contribution in [3.63, 3.8) is 0 Å². The molecule has 23 heavy (non-hydrogen) atoms. The van der Waals surface area contributed by atoms with Crippen molar-refractivity contribution >= 4 is 22.5 Å². The molecule has 3 rings (SSSR count). The van der Waals surface area contributed by atoms with Crippen LogP contribution in [0.25, 0.3) is 22.0 Å². The summed E-state index contributed by atoms with van der Waals surface area (Å²) in [4.78, 5) is 0. The zero-order chi connectivity index (χ0) is 16.4. The Hall–Kier alpha value is -1.98. The lowest BCUT2D eigenvalue weighted by atomic mass is 10.1. The number of benzene rings is 2. The van der Waals surface area contributed by atoms with Crippen molar-refractivity contribution in [1.29, 1.82) is 0 Å². The predicted molar refractivity (Wildman–Crippen MR) is 92.0 cm³/mol. The molecule has 0 spiro atoms. The molecular formula is C18H17FN2OS. The van der Waals surface area contributed by atoms with Crippen LogP contribution in [-0.2, 0) is 0 Å². The summed E-state index contributed by atoms with van der Waals surface area (Å²) in [5.74, 6) is 0.255. The maximum atomic E-state index is 13.1. The molecule has 1 heterocycles. The predicted octanol–water partition coefficient (Wildman–Crippen LogP) is 4.30. The van der Waals surface area contributed by atoms with Crippen molar-refractivity contribution in [3.8, 4) is 11.3 Å². The maximum Gasteiger partial charge on any atom is 0.127 e.